The summed E-state index contributed by atoms with van der Waals surface area (Å²) in [5.41, 5.74) is -0.0912. The molecule has 0 atom stereocenters. The van der Waals surface area contributed by atoms with Crippen molar-refractivity contribution in [3.05, 3.63) is 46.5 Å². The lowest BCUT2D eigenvalue weighted by Gasteiger charge is -2.04. The largest absolute Gasteiger partial charge is 0.383 e. The van der Waals surface area contributed by atoms with Crippen molar-refractivity contribution in [2.24, 2.45) is 0 Å². The third kappa shape index (κ3) is 2.57. The van der Waals surface area contributed by atoms with Crippen molar-refractivity contribution in [3.63, 3.8) is 0 Å². The first-order valence-corrected chi connectivity index (χ1v) is 6.75. The van der Waals surface area contributed by atoms with Gasteiger partial charge >= 0.3 is 10.1 Å². The van der Waals surface area contributed by atoms with Crippen LogP contribution in [0.5, 0.6) is 5.75 Å². The third-order valence-corrected chi connectivity index (χ3v) is 2.77. The molecule has 0 aromatic heterocycles. The van der Waals surface area contributed by atoms with E-state index in [0.717, 1.165) is 6.26 Å². The van der Waals surface area contributed by atoms with E-state index in [9.17, 15) is 18.5 Å². The fourth-order valence-corrected chi connectivity index (χ4v) is 2.07. The van der Waals surface area contributed by atoms with Crippen LogP contribution >= 0.6 is 0 Å². The van der Waals surface area contributed by atoms with Gasteiger partial charge in [0.25, 0.3) is 5.69 Å². The molecule has 2 rings (SSSR count). The van der Waals surface area contributed by atoms with E-state index in [4.69, 9.17) is 4.18 Å². The summed E-state index contributed by atoms with van der Waals surface area (Å²) in [7, 11) is -3.65. The Balaban J connectivity index is 2.62. The second kappa shape index (κ2) is 4.26. The first kappa shape index (κ1) is 12.3. The molecule has 0 aliphatic carbocycles. The molecule has 0 saturated heterocycles. The Bertz CT molecular complexity index is 723. The molecule has 0 saturated carbocycles. The van der Waals surface area contributed by atoms with Crippen LogP contribution in [-0.2, 0) is 10.1 Å². The van der Waals surface area contributed by atoms with Gasteiger partial charge in [-0.1, -0.05) is 18.2 Å². The summed E-state index contributed by atoms with van der Waals surface area (Å²) < 4.78 is 26.7. The van der Waals surface area contributed by atoms with E-state index in [1.165, 1.54) is 18.2 Å². The predicted octanol–water partition coefficient (Wildman–Crippen LogP) is 2.09. The summed E-state index contributed by atoms with van der Waals surface area (Å²) >= 11 is 0. The van der Waals surface area contributed by atoms with Gasteiger partial charge in [0.15, 0.2) is 0 Å². The second-order valence-corrected chi connectivity index (χ2v) is 5.28. The molecule has 2 aromatic rings. The van der Waals surface area contributed by atoms with E-state index in [0.29, 0.717) is 10.8 Å². The van der Waals surface area contributed by atoms with Crippen molar-refractivity contribution < 1.29 is 17.5 Å². The average molecular weight is 267 g/mol. The molecule has 18 heavy (non-hydrogen) atoms. The third-order valence-electron chi connectivity index (χ3n) is 2.27. The minimum atomic E-state index is -3.65. The van der Waals surface area contributed by atoms with Gasteiger partial charge in [0, 0.05) is 6.07 Å². The molecule has 6 nitrogen and oxygen atoms in total. The van der Waals surface area contributed by atoms with E-state index in [2.05, 4.69) is 0 Å². The van der Waals surface area contributed by atoms with Crippen LogP contribution in [0.15, 0.2) is 36.4 Å². The smallest absolute Gasteiger partial charge is 0.306 e. The second-order valence-electron chi connectivity index (χ2n) is 3.70. The summed E-state index contributed by atoms with van der Waals surface area (Å²) in [6, 6.07) is 8.99. The Kier molecular flexibility index (Phi) is 2.92. The van der Waals surface area contributed by atoms with Crippen molar-refractivity contribution in [2.75, 3.05) is 6.26 Å². The Hall–Kier alpha value is -2.15. The molecule has 0 radical (unpaired) electrons. The molecule has 7 heteroatoms. The van der Waals surface area contributed by atoms with Crippen molar-refractivity contribution in [3.8, 4) is 5.75 Å². The van der Waals surface area contributed by atoms with Gasteiger partial charge in [-0.05, 0) is 17.5 Å². The maximum atomic E-state index is 11.0. The normalized spacial score (nSPS) is 11.4. The number of rotatable bonds is 3. The highest BCUT2D eigenvalue weighted by molar-refractivity contribution is 7.86. The van der Waals surface area contributed by atoms with Crippen molar-refractivity contribution >= 4 is 26.6 Å². The van der Waals surface area contributed by atoms with Crippen LogP contribution in [0.25, 0.3) is 10.8 Å². The summed E-state index contributed by atoms with van der Waals surface area (Å²) in [6.45, 7) is 0. The molecule has 0 amide bonds. The highest BCUT2D eigenvalue weighted by atomic mass is 32.2. The number of nitrogens with zero attached hydrogens (tertiary/aromatic N) is 1. The molecule has 0 N–H and O–H groups in total. The summed E-state index contributed by atoms with van der Waals surface area (Å²) in [5, 5.41) is 11.8. The number of hydrogen-bond donors (Lipinski definition) is 0. The topological polar surface area (TPSA) is 86.5 Å². The van der Waals surface area contributed by atoms with Gasteiger partial charge in [-0.2, -0.15) is 8.42 Å². The molecular weight excluding hydrogens is 258 g/mol. The predicted molar refractivity (Wildman–Crippen MR) is 66.1 cm³/mol. The van der Waals surface area contributed by atoms with Gasteiger partial charge in [-0.15, -0.1) is 0 Å². The molecule has 0 aliphatic heterocycles. The lowest BCUT2D eigenvalue weighted by Crippen LogP contribution is -2.05. The van der Waals surface area contributed by atoms with Crippen LogP contribution < -0.4 is 4.18 Å². The standard InChI is InChI=1S/C11H9NO5S/c1-18(15,16)17-9-6-5-8-3-2-4-11(12(13)14)10(8)7-9/h2-7H,1H3. The molecule has 94 valence electrons. The fourth-order valence-electron chi connectivity index (χ4n) is 1.62. The number of non-ortho nitro benzene ring substituents is 1. The minimum Gasteiger partial charge on any atom is -0.383 e. The minimum absolute atomic E-state index is 0.0549. The van der Waals surface area contributed by atoms with Gasteiger partial charge in [0.2, 0.25) is 0 Å². The molecule has 0 fully saturated rings. The Morgan fingerprint density at radius 3 is 2.56 bits per heavy atom. The van der Waals surface area contributed by atoms with Gasteiger partial charge in [-0.25, -0.2) is 0 Å². The average Bonchev–Trinajstić information content (AvgIpc) is 2.25. The lowest BCUT2D eigenvalue weighted by atomic mass is 10.1. The van der Waals surface area contributed by atoms with Gasteiger partial charge < -0.3 is 4.18 Å². The fraction of sp³-hybridized carbons (Fsp3) is 0.0909. The van der Waals surface area contributed by atoms with E-state index >= 15 is 0 Å². The van der Waals surface area contributed by atoms with Crippen LogP contribution in [0, 0.1) is 10.1 Å². The number of nitro groups is 1. The van der Waals surface area contributed by atoms with Crippen molar-refractivity contribution in [1.82, 2.24) is 0 Å². The van der Waals surface area contributed by atoms with E-state index < -0.39 is 15.0 Å². The maximum absolute atomic E-state index is 11.0. The number of hydrogen-bond acceptors (Lipinski definition) is 5. The molecule has 0 unspecified atom stereocenters. The Morgan fingerprint density at radius 2 is 1.94 bits per heavy atom. The quantitative estimate of drug-likeness (QED) is 0.482. The molecule has 0 bridgehead atoms. The number of benzene rings is 2. The van der Waals surface area contributed by atoms with E-state index in [1.807, 2.05) is 0 Å². The van der Waals surface area contributed by atoms with Crippen molar-refractivity contribution in [1.29, 1.82) is 0 Å². The molecule has 0 aliphatic rings. The first-order valence-electron chi connectivity index (χ1n) is 4.93. The summed E-state index contributed by atoms with van der Waals surface area (Å²) in [5.74, 6) is 0.0549. The number of nitro benzene ring substituents is 1. The molecular formula is C11H9NO5S. The van der Waals surface area contributed by atoms with Crippen LogP contribution in [0.3, 0.4) is 0 Å². The molecule has 0 spiro atoms. The maximum Gasteiger partial charge on any atom is 0.306 e. The Morgan fingerprint density at radius 1 is 1.22 bits per heavy atom. The van der Waals surface area contributed by atoms with Crippen LogP contribution in [0.4, 0.5) is 5.69 Å². The van der Waals surface area contributed by atoms with Gasteiger partial charge in [0.05, 0.1) is 16.6 Å². The highest BCUT2D eigenvalue weighted by Crippen LogP contribution is 2.29. The van der Waals surface area contributed by atoms with E-state index in [1.54, 1.807) is 18.2 Å². The van der Waals surface area contributed by atoms with Gasteiger partial charge in [-0.3, -0.25) is 10.1 Å². The zero-order valence-electron chi connectivity index (χ0n) is 9.36. The summed E-state index contributed by atoms with van der Waals surface area (Å²) in [6.07, 6.45) is 0.913. The molecule has 2 aromatic carbocycles. The monoisotopic (exact) mass is 267 g/mol. The summed E-state index contributed by atoms with van der Waals surface area (Å²) in [4.78, 5) is 10.3. The van der Waals surface area contributed by atoms with E-state index in [-0.39, 0.29) is 11.4 Å². The van der Waals surface area contributed by atoms with Crippen LogP contribution in [0.1, 0.15) is 0 Å². The van der Waals surface area contributed by atoms with Crippen LogP contribution in [0.2, 0.25) is 0 Å². The zero-order chi connectivity index (χ0) is 13.3. The first-order chi connectivity index (χ1) is 8.37. The van der Waals surface area contributed by atoms with Crippen molar-refractivity contribution in [2.45, 2.75) is 0 Å². The highest BCUT2D eigenvalue weighted by Gasteiger charge is 2.13. The van der Waals surface area contributed by atoms with Gasteiger partial charge in [0.1, 0.15) is 5.75 Å². The van der Waals surface area contributed by atoms with Crippen LogP contribution in [-0.4, -0.2) is 19.6 Å². The lowest BCUT2D eigenvalue weighted by molar-refractivity contribution is -0.383. The SMILES string of the molecule is CS(=O)(=O)Oc1ccc2cccc([N+](=O)[O-])c2c1. The number of fused-ring (bicyclic) bond motifs is 1. The Labute approximate surface area is 103 Å². The molecule has 0 heterocycles. The zero-order valence-corrected chi connectivity index (χ0v) is 10.2.